The van der Waals surface area contributed by atoms with Crippen molar-refractivity contribution in [2.45, 2.75) is 19.5 Å². The third-order valence-electron chi connectivity index (χ3n) is 2.09. The maximum atomic E-state index is 5.51. The minimum atomic E-state index is 0.535. The Balaban J connectivity index is 2.38. The summed E-state index contributed by atoms with van der Waals surface area (Å²) in [5.74, 6) is 0. The minimum absolute atomic E-state index is 0.535. The molecule has 0 fully saturated rings. The lowest BCUT2D eigenvalue weighted by atomic mass is 10.1. The van der Waals surface area contributed by atoms with E-state index in [1.54, 1.807) is 0 Å². The van der Waals surface area contributed by atoms with Crippen LogP contribution in [0.3, 0.4) is 0 Å². The van der Waals surface area contributed by atoms with Gasteiger partial charge in [-0.2, -0.15) is 5.10 Å². The van der Waals surface area contributed by atoms with Crippen LogP contribution in [0.15, 0.2) is 0 Å². The first-order valence-electron chi connectivity index (χ1n) is 3.87. The minimum Gasteiger partial charge on any atom is -0.325 e. The molecule has 0 amide bonds. The number of nitrogens with one attached hydrogen (secondary N) is 2. The maximum Gasteiger partial charge on any atom is 0.0805 e. The molecule has 0 atom stereocenters. The van der Waals surface area contributed by atoms with E-state index in [1.807, 2.05) is 0 Å². The fraction of sp³-hybridized carbons (Fsp3) is 0.571. The van der Waals surface area contributed by atoms with Gasteiger partial charge in [0, 0.05) is 37.3 Å². The average molecular weight is 152 g/mol. The summed E-state index contributed by atoms with van der Waals surface area (Å²) < 4.78 is 0. The van der Waals surface area contributed by atoms with Crippen molar-refractivity contribution in [1.29, 1.82) is 0 Å². The molecule has 4 heteroatoms. The van der Waals surface area contributed by atoms with Crippen LogP contribution in [-0.4, -0.2) is 16.7 Å². The van der Waals surface area contributed by atoms with E-state index in [1.165, 1.54) is 11.3 Å². The molecule has 0 radical (unpaired) electrons. The van der Waals surface area contributed by atoms with Crippen molar-refractivity contribution in [2.24, 2.45) is 5.73 Å². The number of hydrogen-bond acceptors (Lipinski definition) is 3. The number of hydrogen-bond donors (Lipinski definition) is 3. The highest BCUT2D eigenvalue weighted by Crippen LogP contribution is 2.13. The van der Waals surface area contributed by atoms with Gasteiger partial charge in [-0.1, -0.05) is 0 Å². The Labute approximate surface area is 65.2 Å². The molecule has 1 aromatic rings. The molecule has 2 heterocycles. The van der Waals surface area contributed by atoms with E-state index < -0.39 is 0 Å². The topological polar surface area (TPSA) is 66.7 Å². The molecule has 0 aliphatic carbocycles. The van der Waals surface area contributed by atoms with Crippen LogP contribution in [0.5, 0.6) is 0 Å². The quantitative estimate of drug-likeness (QED) is 0.509. The van der Waals surface area contributed by atoms with E-state index >= 15 is 0 Å². The fourth-order valence-electron chi connectivity index (χ4n) is 1.46. The summed E-state index contributed by atoms with van der Waals surface area (Å²) in [5.41, 5.74) is 9.05. The lowest BCUT2D eigenvalue weighted by molar-refractivity contribution is 0.634. The Bertz CT molecular complexity index is 239. The van der Waals surface area contributed by atoms with E-state index in [9.17, 15) is 0 Å². The number of nitrogens with two attached hydrogens (primary N) is 1. The zero-order valence-electron chi connectivity index (χ0n) is 6.35. The van der Waals surface area contributed by atoms with Crippen LogP contribution >= 0.6 is 0 Å². The predicted molar refractivity (Wildman–Crippen MR) is 41.9 cm³/mol. The lowest BCUT2D eigenvalue weighted by Crippen LogP contribution is -2.24. The van der Waals surface area contributed by atoms with Gasteiger partial charge in [0.05, 0.1) is 5.69 Å². The second-order valence-corrected chi connectivity index (χ2v) is 2.76. The van der Waals surface area contributed by atoms with Crippen LogP contribution in [0.2, 0.25) is 0 Å². The second-order valence-electron chi connectivity index (χ2n) is 2.76. The van der Waals surface area contributed by atoms with Crippen molar-refractivity contribution < 1.29 is 0 Å². The largest absolute Gasteiger partial charge is 0.325 e. The molecule has 4 N–H and O–H groups in total. The van der Waals surface area contributed by atoms with E-state index in [-0.39, 0.29) is 0 Å². The smallest absolute Gasteiger partial charge is 0.0805 e. The van der Waals surface area contributed by atoms with Crippen molar-refractivity contribution in [3.8, 4) is 0 Å². The summed E-state index contributed by atoms with van der Waals surface area (Å²) in [7, 11) is 0. The molecule has 0 spiro atoms. The van der Waals surface area contributed by atoms with Gasteiger partial charge in [0.2, 0.25) is 0 Å². The molecule has 0 unspecified atom stereocenters. The van der Waals surface area contributed by atoms with Crippen LogP contribution in [-0.2, 0) is 19.5 Å². The first-order valence-corrected chi connectivity index (χ1v) is 3.87. The first kappa shape index (κ1) is 6.82. The summed E-state index contributed by atoms with van der Waals surface area (Å²) in [4.78, 5) is 0. The van der Waals surface area contributed by atoms with Crippen molar-refractivity contribution >= 4 is 0 Å². The number of rotatable bonds is 1. The van der Waals surface area contributed by atoms with E-state index in [0.717, 1.165) is 25.2 Å². The zero-order valence-corrected chi connectivity index (χ0v) is 6.35. The molecule has 2 rings (SSSR count). The van der Waals surface area contributed by atoms with Gasteiger partial charge in [-0.25, -0.2) is 0 Å². The molecule has 0 saturated heterocycles. The van der Waals surface area contributed by atoms with Crippen LogP contribution in [0, 0.1) is 0 Å². The molecular formula is C7H12N4. The number of nitrogens with zero attached hydrogens (tertiary/aromatic N) is 1. The molecule has 11 heavy (non-hydrogen) atoms. The monoisotopic (exact) mass is 152 g/mol. The zero-order chi connectivity index (χ0) is 7.68. The number of H-pyrrole nitrogens is 1. The molecule has 0 aromatic carbocycles. The Kier molecular flexibility index (Phi) is 1.63. The van der Waals surface area contributed by atoms with Gasteiger partial charge in [0.25, 0.3) is 0 Å². The van der Waals surface area contributed by atoms with E-state index in [2.05, 4.69) is 15.5 Å². The Hall–Kier alpha value is -0.870. The molecule has 1 aromatic heterocycles. The third kappa shape index (κ3) is 1.04. The lowest BCUT2D eigenvalue weighted by Gasteiger charge is -2.12. The highest BCUT2D eigenvalue weighted by atomic mass is 15.1. The molecule has 0 bridgehead atoms. The molecule has 4 nitrogen and oxygen atoms in total. The third-order valence-corrected chi connectivity index (χ3v) is 2.09. The van der Waals surface area contributed by atoms with Gasteiger partial charge < -0.3 is 11.1 Å². The molecule has 0 saturated carbocycles. The standard InChI is InChI=1S/C7H12N4/c8-3-7-5-4-9-2-1-6(5)10-11-7/h9H,1-4,8H2,(H,10,11). The molecule has 1 aliphatic rings. The number of aromatic amines is 1. The van der Waals surface area contributed by atoms with Crippen LogP contribution in [0.4, 0.5) is 0 Å². The average Bonchev–Trinajstić information content (AvgIpc) is 2.47. The number of fused-ring (bicyclic) bond motifs is 1. The number of aromatic nitrogens is 2. The Morgan fingerprint density at radius 3 is 3.27 bits per heavy atom. The van der Waals surface area contributed by atoms with Crippen LogP contribution in [0.1, 0.15) is 17.0 Å². The Morgan fingerprint density at radius 1 is 1.55 bits per heavy atom. The van der Waals surface area contributed by atoms with Crippen molar-refractivity contribution in [1.82, 2.24) is 15.5 Å². The van der Waals surface area contributed by atoms with Gasteiger partial charge in [-0.05, 0) is 0 Å². The maximum absolute atomic E-state index is 5.51. The van der Waals surface area contributed by atoms with Crippen molar-refractivity contribution in [2.75, 3.05) is 6.54 Å². The first-order chi connectivity index (χ1) is 5.42. The summed E-state index contributed by atoms with van der Waals surface area (Å²) in [6.07, 6.45) is 1.04. The van der Waals surface area contributed by atoms with E-state index in [0.29, 0.717) is 6.54 Å². The van der Waals surface area contributed by atoms with Crippen molar-refractivity contribution in [3.05, 3.63) is 17.0 Å². The highest BCUT2D eigenvalue weighted by molar-refractivity contribution is 5.27. The van der Waals surface area contributed by atoms with Crippen LogP contribution in [0.25, 0.3) is 0 Å². The summed E-state index contributed by atoms with van der Waals surface area (Å²) >= 11 is 0. The summed E-state index contributed by atoms with van der Waals surface area (Å²) in [6.45, 7) is 2.49. The molecule has 60 valence electrons. The molecular weight excluding hydrogens is 140 g/mol. The van der Waals surface area contributed by atoms with Gasteiger partial charge in [-0.15, -0.1) is 0 Å². The van der Waals surface area contributed by atoms with Crippen LogP contribution < -0.4 is 11.1 Å². The van der Waals surface area contributed by atoms with Gasteiger partial charge >= 0.3 is 0 Å². The SMILES string of the molecule is NCc1n[nH]c2c1CNCC2. The van der Waals surface area contributed by atoms with Gasteiger partial charge in [0.15, 0.2) is 0 Å². The summed E-state index contributed by atoms with van der Waals surface area (Å²) in [5, 5.41) is 10.4. The van der Waals surface area contributed by atoms with Gasteiger partial charge in [0.1, 0.15) is 0 Å². The summed E-state index contributed by atoms with van der Waals surface area (Å²) in [6, 6.07) is 0. The molecule has 1 aliphatic heterocycles. The fourth-order valence-corrected chi connectivity index (χ4v) is 1.46. The normalized spacial score (nSPS) is 16.5. The highest BCUT2D eigenvalue weighted by Gasteiger charge is 2.14. The van der Waals surface area contributed by atoms with Gasteiger partial charge in [-0.3, -0.25) is 5.10 Å². The van der Waals surface area contributed by atoms with Crippen molar-refractivity contribution in [3.63, 3.8) is 0 Å². The second kappa shape index (κ2) is 2.64. The Morgan fingerprint density at radius 2 is 2.45 bits per heavy atom. The predicted octanol–water partition coefficient (Wildman–Crippen LogP) is -0.486. The van der Waals surface area contributed by atoms with E-state index in [4.69, 9.17) is 5.73 Å².